The average molecular weight is 334 g/mol. The van der Waals surface area contributed by atoms with Gasteiger partial charge in [0.2, 0.25) is 0 Å². The minimum Gasteiger partial charge on any atom is -0.306 e. The predicted octanol–water partition coefficient (Wildman–Crippen LogP) is 5.26. The van der Waals surface area contributed by atoms with Gasteiger partial charge < -0.3 is 5.32 Å². The minimum atomic E-state index is -0.582. The summed E-state index contributed by atoms with van der Waals surface area (Å²) < 4.78 is 40.1. The number of hydrogen-bond donors (Lipinski definition) is 1. The average Bonchev–Trinajstić information content (AvgIpc) is 2.44. The van der Waals surface area contributed by atoms with Crippen LogP contribution in [-0.2, 0) is 6.54 Å². The molecular weight excluding hydrogens is 322 g/mol. The Balaban J connectivity index is 2.17. The maximum atomic E-state index is 13.5. The third-order valence-electron chi connectivity index (χ3n) is 3.12. The summed E-state index contributed by atoms with van der Waals surface area (Å²) in [5.41, 5.74) is 0.556. The molecule has 0 aliphatic rings. The van der Waals surface area contributed by atoms with Crippen LogP contribution in [-0.4, -0.2) is 0 Å². The minimum absolute atomic E-state index is 0.0634. The Labute approximate surface area is 130 Å². The summed E-state index contributed by atoms with van der Waals surface area (Å²) in [5, 5.41) is 3.18. The van der Waals surface area contributed by atoms with Crippen LogP contribution in [0.5, 0.6) is 0 Å². The highest BCUT2D eigenvalue weighted by molar-refractivity contribution is 6.36. The van der Waals surface area contributed by atoms with Gasteiger partial charge >= 0.3 is 0 Å². The molecule has 0 bridgehead atoms. The molecule has 112 valence electrons. The van der Waals surface area contributed by atoms with Gasteiger partial charge in [0, 0.05) is 28.7 Å². The molecule has 1 atom stereocenters. The van der Waals surface area contributed by atoms with E-state index in [0.717, 1.165) is 18.2 Å². The molecule has 21 heavy (non-hydrogen) atoms. The van der Waals surface area contributed by atoms with Crippen LogP contribution in [0.1, 0.15) is 24.1 Å². The number of halogens is 5. The van der Waals surface area contributed by atoms with E-state index in [9.17, 15) is 13.2 Å². The first kappa shape index (κ1) is 16.1. The van der Waals surface area contributed by atoms with Crippen LogP contribution in [0.2, 0.25) is 10.0 Å². The zero-order valence-electron chi connectivity index (χ0n) is 11.1. The zero-order chi connectivity index (χ0) is 15.6. The van der Waals surface area contributed by atoms with E-state index in [-0.39, 0.29) is 17.1 Å². The lowest BCUT2D eigenvalue weighted by Gasteiger charge is -2.18. The third kappa shape index (κ3) is 3.70. The molecule has 0 saturated heterocycles. The fourth-order valence-corrected chi connectivity index (χ4v) is 2.68. The fraction of sp³-hybridized carbons (Fsp3) is 0.200. The lowest BCUT2D eigenvalue weighted by molar-refractivity contribution is 0.532. The van der Waals surface area contributed by atoms with Crippen LogP contribution >= 0.6 is 23.2 Å². The van der Waals surface area contributed by atoms with Gasteiger partial charge in [-0.1, -0.05) is 23.2 Å². The van der Waals surface area contributed by atoms with Crippen molar-refractivity contribution in [1.82, 2.24) is 5.32 Å². The van der Waals surface area contributed by atoms with Crippen molar-refractivity contribution in [2.75, 3.05) is 0 Å². The van der Waals surface area contributed by atoms with Crippen LogP contribution < -0.4 is 5.32 Å². The van der Waals surface area contributed by atoms with Crippen LogP contribution in [0.3, 0.4) is 0 Å². The second-order valence-corrected chi connectivity index (χ2v) is 5.38. The standard InChI is InChI=1S/C15H12Cl2F3N/c1-8(14-11(16)3-5-13(20)15(14)17)21-7-9-6-10(18)2-4-12(9)19/h2-6,8,21H,7H2,1H3. The largest absolute Gasteiger partial charge is 0.306 e. The quantitative estimate of drug-likeness (QED) is 0.752. The summed E-state index contributed by atoms with van der Waals surface area (Å²) in [6, 6.07) is 5.35. The van der Waals surface area contributed by atoms with Crippen LogP contribution in [0.15, 0.2) is 30.3 Å². The third-order valence-corrected chi connectivity index (χ3v) is 3.83. The van der Waals surface area contributed by atoms with Gasteiger partial charge in [0.25, 0.3) is 0 Å². The second-order valence-electron chi connectivity index (χ2n) is 4.60. The number of hydrogen-bond acceptors (Lipinski definition) is 1. The highest BCUT2D eigenvalue weighted by Crippen LogP contribution is 2.32. The molecule has 1 N–H and O–H groups in total. The highest BCUT2D eigenvalue weighted by Gasteiger charge is 2.17. The Morgan fingerprint density at radius 2 is 1.71 bits per heavy atom. The molecule has 0 spiro atoms. The summed E-state index contributed by atoms with van der Waals surface area (Å²) >= 11 is 11.9. The zero-order valence-corrected chi connectivity index (χ0v) is 12.6. The summed E-state index contributed by atoms with van der Waals surface area (Å²) in [7, 11) is 0. The Morgan fingerprint density at radius 3 is 2.43 bits per heavy atom. The molecule has 1 unspecified atom stereocenters. The van der Waals surface area contributed by atoms with E-state index in [1.54, 1.807) is 6.92 Å². The van der Waals surface area contributed by atoms with Crippen LogP contribution in [0, 0.1) is 17.5 Å². The van der Waals surface area contributed by atoms with Gasteiger partial charge in [0.15, 0.2) is 0 Å². The topological polar surface area (TPSA) is 12.0 Å². The van der Waals surface area contributed by atoms with E-state index in [2.05, 4.69) is 5.32 Å². The molecule has 0 radical (unpaired) electrons. The summed E-state index contributed by atoms with van der Waals surface area (Å²) in [4.78, 5) is 0. The van der Waals surface area contributed by atoms with Crippen molar-refractivity contribution in [2.24, 2.45) is 0 Å². The van der Waals surface area contributed by atoms with Crippen molar-refractivity contribution in [1.29, 1.82) is 0 Å². The lowest BCUT2D eigenvalue weighted by atomic mass is 10.1. The molecule has 2 rings (SSSR count). The number of benzene rings is 2. The molecule has 0 saturated carbocycles. The van der Waals surface area contributed by atoms with Gasteiger partial charge in [-0.15, -0.1) is 0 Å². The second kappa shape index (κ2) is 6.69. The van der Waals surface area contributed by atoms with Gasteiger partial charge in [0.05, 0.1) is 5.02 Å². The normalized spacial score (nSPS) is 12.5. The molecule has 0 aliphatic carbocycles. The van der Waals surface area contributed by atoms with Crippen LogP contribution in [0.4, 0.5) is 13.2 Å². The summed E-state index contributed by atoms with van der Waals surface area (Å²) in [6.45, 7) is 1.78. The molecule has 2 aromatic rings. The van der Waals surface area contributed by atoms with Crippen molar-refractivity contribution in [2.45, 2.75) is 19.5 Å². The highest BCUT2D eigenvalue weighted by atomic mass is 35.5. The molecule has 0 fully saturated rings. The van der Waals surface area contributed by atoms with E-state index in [4.69, 9.17) is 23.2 Å². The number of rotatable bonds is 4. The van der Waals surface area contributed by atoms with Gasteiger partial charge in [-0.2, -0.15) is 0 Å². The van der Waals surface area contributed by atoms with E-state index >= 15 is 0 Å². The van der Waals surface area contributed by atoms with E-state index in [0.29, 0.717) is 10.6 Å². The fourth-order valence-electron chi connectivity index (χ4n) is 1.98. The smallest absolute Gasteiger partial charge is 0.142 e. The predicted molar refractivity (Wildman–Crippen MR) is 78.0 cm³/mol. The molecule has 0 aliphatic heterocycles. The molecular formula is C15H12Cl2F3N. The Hall–Kier alpha value is -1.23. The Bertz CT molecular complexity index is 662. The molecule has 0 heterocycles. The SMILES string of the molecule is CC(NCc1cc(F)ccc1F)c1c(Cl)ccc(F)c1Cl. The maximum absolute atomic E-state index is 13.5. The summed E-state index contributed by atoms with van der Waals surface area (Å²) in [5.74, 6) is -1.63. The lowest BCUT2D eigenvalue weighted by Crippen LogP contribution is -2.20. The van der Waals surface area contributed by atoms with Crippen molar-refractivity contribution < 1.29 is 13.2 Å². The summed E-state index contributed by atoms with van der Waals surface area (Å²) in [6.07, 6.45) is 0. The first-order valence-corrected chi connectivity index (χ1v) is 6.96. The Morgan fingerprint density at radius 1 is 1.05 bits per heavy atom. The number of nitrogens with one attached hydrogen (secondary N) is 1. The molecule has 2 aromatic carbocycles. The molecule has 6 heteroatoms. The van der Waals surface area contributed by atoms with Gasteiger partial charge in [0.1, 0.15) is 17.5 Å². The molecule has 0 amide bonds. The van der Waals surface area contributed by atoms with Gasteiger partial charge in [-0.3, -0.25) is 0 Å². The Kier molecular flexibility index (Phi) is 5.14. The van der Waals surface area contributed by atoms with Gasteiger partial charge in [-0.25, -0.2) is 13.2 Å². The first-order chi connectivity index (χ1) is 9.90. The van der Waals surface area contributed by atoms with E-state index < -0.39 is 23.5 Å². The molecule has 0 aromatic heterocycles. The van der Waals surface area contributed by atoms with Crippen molar-refractivity contribution >= 4 is 23.2 Å². The van der Waals surface area contributed by atoms with Crippen molar-refractivity contribution in [3.63, 3.8) is 0 Å². The van der Waals surface area contributed by atoms with Crippen molar-refractivity contribution in [3.05, 3.63) is 69.0 Å². The van der Waals surface area contributed by atoms with E-state index in [1.807, 2.05) is 0 Å². The van der Waals surface area contributed by atoms with Gasteiger partial charge in [-0.05, 0) is 37.3 Å². The molecule has 1 nitrogen and oxygen atoms in total. The van der Waals surface area contributed by atoms with Crippen LogP contribution in [0.25, 0.3) is 0 Å². The van der Waals surface area contributed by atoms with Crippen molar-refractivity contribution in [3.8, 4) is 0 Å². The monoisotopic (exact) mass is 333 g/mol. The van der Waals surface area contributed by atoms with E-state index in [1.165, 1.54) is 12.1 Å². The first-order valence-electron chi connectivity index (χ1n) is 6.21. The maximum Gasteiger partial charge on any atom is 0.142 e.